The topological polar surface area (TPSA) is 46.6 Å². The van der Waals surface area contributed by atoms with Crippen LogP contribution in [0.4, 0.5) is 10.5 Å². The van der Waals surface area contributed by atoms with E-state index in [1.165, 1.54) is 0 Å². The number of hydrogen-bond donors (Lipinski definition) is 0. The van der Waals surface area contributed by atoms with E-state index >= 15 is 0 Å². The predicted molar refractivity (Wildman–Crippen MR) is 85.1 cm³/mol. The summed E-state index contributed by atoms with van der Waals surface area (Å²) in [5.74, 6) is 0.313. The summed E-state index contributed by atoms with van der Waals surface area (Å²) in [5, 5.41) is 0. The number of cyclic esters (lactones) is 1. The molecule has 0 saturated carbocycles. The molecule has 0 aliphatic carbocycles. The maximum absolute atomic E-state index is 11.9. The highest BCUT2D eigenvalue weighted by Crippen LogP contribution is 2.27. The monoisotopic (exact) mass is 295 g/mol. The summed E-state index contributed by atoms with van der Waals surface area (Å²) in [7, 11) is 0. The van der Waals surface area contributed by atoms with Crippen molar-refractivity contribution in [2.45, 2.75) is 6.92 Å². The Morgan fingerprint density at radius 1 is 1.14 bits per heavy atom. The molecule has 4 nitrogen and oxygen atoms in total. The second-order valence-electron chi connectivity index (χ2n) is 5.58. The second kappa shape index (κ2) is 6.02. The van der Waals surface area contributed by atoms with E-state index in [0.717, 1.165) is 23.1 Å². The molecule has 0 aromatic heterocycles. The zero-order valence-electron chi connectivity index (χ0n) is 12.4. The van der Waals surface area contributed by atoms with E-state index in [9.17, 15) is 9.59 Å². The lowest BCUT2D eigenvalue weighted by Crippen LogP contribution is -2.42. The van der Waals surface area contributed by atoms with Gasteiger partial charge < -0.3 is 4.74 Å². The molecule has 1 aliphatic heterocycles. The van der Waals surface area contributed by atoms with E-state index in [2.05, 4.69) is 6.92 Å². The number of carbonyl (C=O) groups is 2. The molecule has 1 fully saturated rings. The van der Waals surface area contributed by atoms with Crippen LogP contribution in [0, 0.1) is 5.92 Å². The lowest BCUT2D eigenvalue weighted by atomic mass is 10.0. The van der Waals surface area contributed by atoms with Crippen LogP contribution in [-0.4, -0.2) is 25.5 Å². The summed E-state index contributed by atoms with van der Waals surface area (Å²) >= 11 is 0. The van der Waals surface area contributed by atoms with E-state index in [1.807, 2.05) is 36.4 Å². The van der Waals surface area contributed by atoms with E-state index in [1.54, 1.807) is 17.0 Å². The minimum Gasteiger partial charge on any atom is -0.449 e. The number of carbonyl (C=O) groups excluding carboxylic acids is 2. The van der Waals surface area contributed by atoms with Crippen molar-refractivity contribution in [2.24, 2.45) is 5.92 Å². The van der Waals surface area contributed by atoms with Gasteiger partial charge in [-0.25, -0.2) is 4.79 Å². The van der Waals surface area contributed by atoms with Gasteiger partial charge in [0.1, 0.15) is 6.29 Å². The SMILES string of the molecule is C[C@@H]1COC(=O)N(c2cccc(-c3ccc(C=O)cc3)c2)C1. The van der Waals surface area contributed by atoms with Crippen molar-refractivity contribution in [3.05, 3.63) is 54.1 Å². The Morgan fingerprint density at radius 3 is 2.64 bits per heavy atom. The first-order valence-corrected chi connectivity index (χ1v) is 7.27. The van der Waals surface area contributed by atoms with Crippen molar-refractivity contribution in [3.63, 3.8) is 0 Å². The summed E-state index contributed by atoms with van der Waals surface area (Å²) in [6, 6.07) is 15.2. The third-order valence-corrected chi connectivity index (χ3v) is 3.74. The van der Waals surface area contributed by atoms with Crippen LogP contribution >= 0.6 is 0 Å². The Morgan fingerprint density at radius 2 is 1.91 bits per heavy atom. The fraction of sp³-hybridized carbons (Fsp3) is 0.222. The lowest BCUT2D eigenvalue weighted by molar-refractivity contribution is 0.112. The van der Waals surface area contributed by atoms with Crippen LogP contribution in [0.25, 0.3) is 11.1 Å². The van der Waals surface area contributed by atoms with Gasteiger partial charge in [0.05, 0.1) is 6.61 Å². The van der Waals surface area contributed by atoms with Crippen molar-refractivity contribution >= 4 is 18.1 Å². The Bertz CT molecular complexity index is 694. The molecule has 1 atom stereocenters. The Labute approximate surface area is 129 Å². The zero-order valence-corrected chi connectivity index (χ0v) is 12.4. The molecule has 0 bridgehead atoms. The Balaban J connectivity index is 1.91. The van der Waals surface area contributed by atoms with Gasteiger partial charge in [0, 0.05) is 23.7 Å². The summed E-state index contributed by atoms with van der Waals surface area (Å²) in [4.78, 5) is 24.3. The van der Waals surface area contributed by atoms with Gasteiger partial charge in [-0.15, -0.1) is 0 Å². The molecular weight excluding hydrogens is 278 g/mol. The molecule has 4 heteroatoms. The lowest BCUT2D eigenvalue weighted by Gasteiger charge is -2.30. The minimum atomic E-state index is -0.299. The minimum absolute atomic E-state index is 0.299. The standard InChI is InChI=1S/C18H17NO3/c1-13-10-19(18(21)22-12-13)17-4-2-3-16(9-17)15-7-5-14(11-20)6-8-15/h2-9,11,13H,10,12H2,1H3/t13-/m0/s1. The molecule has 3 rings (SSSR count). The Kier molecular flexibility index (Phi) is 3.92. The quantitative estimate of drug-likeness (QED) is 0.810. The average Bonchev–Trinajstić information content (AvgIpc) is 2.57. The van der Waals surface area contributed by atoms with Gasteiger partial charge >= 0.3 is 6.09 Å². The van der Waals surface area contributed by atoms with E-state index in [-0.39, 0.29) is 6.09 Å². The molecule has 1 heterocycles. The molecular formula is C18H17NO3. The first-order valence-electron chi connectivity index (χ1n) is 7.27. The maximum Gasteiger partial charge on any atom is 0.414 e. The van der Waals surface area contributed by atoms with Crippen molar-refractivity contribution in [1.29, 1.82) is 0 Å². The van der Waals surface area contributed by atoms with Crippen molar-refractivity contribution < 1.29 is 14.3 Å². The first-order chi connectivity index (χ1) is 10.7. The molecule has 0 unspecified atom stereocenters. The van der Waals surface area contributed by atoms with Crippen LogP contribution in [-0.2, 0) is 4.74 Å². The number of hydrogen-bond acceptors (Lipinski definition) is 3. The number of ether oxygens (including phenoxy) is 1. The number of amides is 1. The van der Waals surface area contributed by atoms with Gasteiger partial charge in [-0.1, -0.05) is 43.3 Å². The summed E-state index contributed by atoms with van der Waals surface area (Å²) in [6.07, 6.45) is 0.525. The summed E-state index contributed by atoms with van der Waals surface area (Å²) in [6.45, 7) is 3.19. The van der Waals surface area contributed by atoms with E-state index in [0.29, 0.717) is 24.6 Å². The summed E-state index contributed by atoms with van der Waals surface area (Å²) < 4.78 is 5.18. The number of anilines is 1. The van der Waals surface area contributed by atoms with Gasteiger partial charge in [-0.3, -0.25) is 9.69 Å². The Hall–Kier alpha value is -2.62. The fourth-order valence-electron chi connectivity index (χ4n) is 2.55. The average molecular weight is 295 g/mol. The van der Waals surface area contributed by atoms with E-state index < -0.39 is 0 Å². The van der Waals surface area contributed by atoms with Crippen molar-refractivity contribution in [2.75, 3.05) is 18.1 Å². The van der Waals surface area contributed by atoms with Gasteiger partial charge in [0.2, 0.25) is 0 Å². The smallest absolute Gasteiger partial charge is 0.414 e. The molecule has 2 aromatic rings. The highest BCUT2D eigenvalue weighted by atomic mass is 16.6. The van der Waals surface area contributed by atoms with Gasteiger partial charge in [0.15, 0.2) is 0 Å². The molecule has 22 heavy (non-hydrogen) atoms. The second-order valence-corrected chi connectivity index (χ2v) is 5.58. The highest BCUT2D eigenvalue weighted by Gasteiger charge is 2.25. The number of rotatable bonds is 3. The van der Waals surface area contributed by atoms with Crippen molar-refractivity contribution in [3.8, 4) is 11.1 Å². The summed E-state index contributed by atoms with van der Waals surface area (Å²) in [5.41, 5.74) is 3.48. The van der Waals surface area contributed by atoms with Crippen LogP contribution in [0.2, 0.25) is 0 Å². The highest BCUT2D eigenvalue weighted by molar-refractivity contribution is 5.89. The van der Waals surface area contributed by atoms with Crippen LogP contribution < -0.4 is 4.90 Å². The molecule has 0 radical (unpaired) electrons. The molecule has 2 aromatic carbocycles. The third kappa shape index (κ3) is 2.86. The number of benzene rings is 2. The molecule has 112 valence electrons. The van der Waals surface area contributed by atoms with Gasteiger partial charge in [-0.2, -0.15) is 0 Å². The number of aldehydes is 1. The molecule has 1 amide bonds. The van der Waals surface area contributed by atoms with Crippen LogP contribution in [0.3, 0.4) is 0 Å². The maximum atomic E-state index is 11.9. The van der Waals surface area contributed by atoms with Crippen molar-refractivity contribution in [1.82, 2.24) is 0 Å². The molecule has 1 aliphatic rings. The van der Waals surface area contributed by atoms with Crippen LogP contribution in [0.15, 0.2) is 48.5 Å². The largest absolute Gasteiger partial charge is 0.449 e. The van der Waals surface area contributed by atoms with Gasteiger partial charge in [-0.05, 0) is 23.3 Å². The molecule has 0 N–H and O–H groups in total. The van der Waals surface area contributed by atoms with E-state index in [4.69, 9.17) is 4.74 Å². The molecule has 1 saturated heterocycles. The van der Waals surface area contributed by atoms with Crippen LogP contribution in [0.1, 0.15) is 17.3 Å². The molecule has 0 spiro atoms. The normalized spacial score (nSPS) is 18.0. The van der Waals surface area contributed by atoms with Crippen LogP contribution in [0.5, 0.6) is 0 Å². The fourth-order valence-corrected chi connectivity index (χ4v) is 2.55. The predicted octanol–water partition coefficient (Wildman–Crippen LogP) is 3.76. The third-order valence-electron chi connectivity index (χ3n) is 3.74. The van der Waals surface area contributed by atoms with Gasteiger partial charge in [0.25, 0.3) is 0 Å². The zero-order chi connectivity index (χ0) is 15.5. The number of nitrogens with zero attached hydrogens (tertiary/aromatic N) is 1. The first kappa shape index (κ1) is 14.3.